The fraction of sp³-hybridized carbons (Fsp3) is 0.273. The number of non-ortho nitro benzene ring substituents is 1. The zero-order chi connectivity index (χ0) is 14.0. The number of aromatic nitrogens is 3. The fourth-order valence-corrected chi connectivity index (χ4v) is 2.82. The quantitative estimate of drug-likeness (QED) is 0.639. The lowest BCUT2D eigenvalue weighted by molar-refractivity contribution is -0.384. The first kappa shape index (κ1) is 13.8. The molecule has 0 fully saturated rings. The van der Waals surface area contributed by atoms with Crippen molar-refractivity contribution in [3.8, 4) is 0 Å². The molecule has 0 aliphatic rings. The molecule has 6 nitrogen and oxygen atoms in total. The van der Waals surface area contributed by atoms with Crippen molar-refractivity contribution in [2.75, 3.05) is 0 Å². The van der Waals surface area contributed by atoms with E-state index in [-0.39, 0.29) is 5.69 Å². The number of benzene rings is 1. The average molecular weight is 299 g/mol. The second-order valence-electron chi connectivity index (χ2n) is 3.75. The first-order valence-corrected chi connectivity index (χ1v) is 6.74. The fourth-order valence-electron chi connectivity index (χ4n) is 1.59. The van der Waals surface area contributed by atoms with Crippen LogP contribution in [0, 0.1) is 17.0 Å². The van der Waals surface area contributed by atoms with E-state index in [1.807, 2.05) is 18.4 Å². The number of nitro benzene ring substituents is 1. The molecular weight excluding hydrogens is 288 g/mol. The average Bonchev–Trinajstić information content (AvgIpc) is 2.72. The largest absolute Gasteiger partial charge is 0.306 e. The minimum absolute atomic E-state index is 0.0255. The summed E-state index contributed by atoms with van der Waals surface area (Å²) in [5.74, 6) is 0.822. The maximum Gasteiger partial charge on any atom is 0.270 e. The van der Waals surface area contributed by atoms with Crippen molar-refractivity contribution in [3.63, 3.8) is 0 Å². The second-order valence-corrected chi connectivity index (χ2v) is 5.16. The first-order valence-electron chi connectivity index (χ1n) is 5.54. The van der Waals surface area contributed by atoms with Crippen molar-refractivity contribution >= 4 is 29.1 Å². The topological polar surface area (TPSA) is 73.8 Å². The molecule has 8 heteroatoms. The number of nitrogens with zero attached hydrogens (tertiary/aromatic N) is 4. The van der Waals surface area contributed by atoms with Crippen LogP contribution in [0.1, 0.15) is 12.7 Å². The second kappa shape index (κ2) is 5.58. The van der Waals surface area contributed by atoms with Crippen LogP contribution in [0.15, 0.2) is 28.3 Å². The maximum absolute atomic E-state index is 10.6. The summed E-state index contributed by atoms with van der Waals surface area (Å²) in [6.07, 6.45) is 0. The third kappa shape index (κ3) is 2.87. The van der Waals surface area contributed by atoms with E-state index in [1.54, 1.807) is 6.07 Å². The van der Waals surface area contributed by atoms with Gasteiger partial charge in [0.25, 0.3) is 5.69 Å². The molecule has 2 rings (SSSR count). The van der Waals surface area contributed by atoms with Crippen LogP contribution in [-0.4, -0.2) is 19.7 Å². The minimum atomic E-state index is -0.473. The molecule has 1 aromatic heterocycles. The Bertz CT molecular complexity index is 629. The van der Waals surface area contributed by atoms with E-state index in [0.717, 1.165) is 22.4 Å². The van der Waals surface area contributed by atoms with Gasteiger partial charge >= 0.3 is 0 Å². The summed E-state index contributed by atoms with van der Waals surface area (Å²) < 4.78 is 1.95. The van der Waals surface area contributed by atoms with E-state index in [9.17, 15) is 10.1 Å². The van der Waals surface area contributed by atoms with E-state index in [4.69, 9.17) is 11.6 Å². The number of aryl methyl sites for hydroxylation is 1. The highest BCUT2D eigenvalue weighted by molar-refractivity contribution is 7.99. The molecule has 0 radical (unpaired) electrons. The van der Waals surface area contributed by atoms with Gasteiger partial charge in [-0.25, -0.2) is 0 Å². The molecule has 0 amide bonds. The van der Waals surface area contributed by atoms with Crippen molar-refractivity contribution in [3.05, 3.63) is 39.2 Å². The smallest absolute Gasteiger partial charge is 0.270 e. The molecule has 0 saturated carbocycles. The van der Waals surface area contributed by atoms with Crippen LogP contribution < -0.4 is 0 Å². The standard InChI is InChI=1S/C11H11ClN4O2S/c1-3-15-7(2)13-14-11(15)19-10-5-4-8(16(17)18)6-9(10)12/h4-6H,3H2,1-2H3. The van der Waals surface area contributed by atoms with E-state index in [2.05, 4.69) is 10.2 Å². The highest BCUT2D eigenvalue weighted by atomic mass is 35.5. The zero-order valence-corrected chi connectivity index (χ0v) is 11.9. The van der Waals surface area contributed by atoms with Gasteiger partial charge in [-0.3, -0.25) is 10.1 Å². The molecular formula is C11H11ClN4O2S. The van der Waals surface area contributed by atoms with Gasteiger partial charge in [0.05, 0.1) is 9.95 Å². The summed E-state index contributed by atoms with van der Waals surface area (Å²) in [5.41, 5.74) is -0.0255. The van der Waals surface area contributed by atoms with Crippen molar-refractivity contribution in [1.29, 1.82) is 0 Å². The molecule has 0 aliphatic carbocycles. The number of hydrogen-bond acceptors (Lipinski definition) is 5. The van der Waals surface area contributed by atoms with Gasteiger partial charge < -0.3 is 4.57 Å². The van der Waals surface area contributed by atoms with E-state index in [0.29, 0.717) is 5.02 Å². The van der Waals surface area contributed by atoms with Crippen LogP contribution >= 0.6 is 23.4 Å². The van der Waals surface area contributed by atoms with Gasteiger partial charge in [-0.1, -0.05) is 11.6 Å². The maximum atomic E-state index is 10.6. The van der Waals surface area contributed by atoms with Gasteiger partial charge in [0, 0.05) is 23.6 Å². The van der Waals surface area contributed by atoms with Crippen LogP contribution in [0.25, 0.3) is 0 Å². The molecule has 0 unspecified atom stereocenters. The van der Waals surface area contributed by atoms with Gasteiger partial charge in [0.15, 0.2) is 5.16 Å². The Hall–Kier alpha value is -1.60. The van der Waals surface area contributed by atoms with Gasteiger partial charge in [0.2, 0.25) is 0 Å². The number of halogens is 1. The van der Waals surface area contributed by atoms with Crippen molar-refractivity contribution in [2.24, 2.45) is 0 Å². The number of hydrogen-bond donors (Lipinski definition) is 0. The van der Waals surface area contributed by atoms with Crippen LogP contribution in [-0.2, 0) is 6.54 Å². The minimum Gasteiger partial charge on any atom is -0.306 e. The summed E-state index contributed by atoms with van der Waals surface area (Å²) in [5, 5.41) is 19.8. The Kier molecular flexibility index (Phi) is 4.06. The molecule has 2 aromatic rings. The van der Waals surface area contributed by atoms with Crippen molar-refractivity contribution in [2.45, 2.75) is 30.4 Å². The monoisotopic (exact) mass is 298 g/mol. The molecule has 0 N–H and O–H groups in total. The molecule has 19 heavy (non-hydrogen) atoms. The number of rotatable bonds is 4. The molecule has 0 aliphatic heterocycles. The van der Waals surface area contributed by atoms with E-state index < -0.39 is 4.92 Å². The Labute approximate surface area is 118 Å². The highest BCUT2D eigenvalue weighted by Gasteiger charge is 2.14. The summed E-state index contributed by atoms with van der Waals surface area (Å²) >= 11 is 7.38. The zero-order valence-electron chi connectivity index (χ0n) is 10.3. The lowest BCUT2D eigenvalue weighted by Gasteiger charge is -2.05. The third-order valence-corrected chi connectivity index (χ3v) is 4.03. The highest BCUT2D eigenvalue weighted by Crippen LogP contribution is 2.34. The molecule has 100 valence electrons. The SMILES string of the molecule is CCn1c(C)nnc1Sc1ccc([N+](=O)[O-])cc1Cl. The molecule has 0 bridgehead atoms. The summed E-state index contributed by atoms with van der Waals surface area (Å²) in [7, 11) is 0. The lowest BCUT2D eigenvalue weighted by Crippen LogP contribution is -1.98. The van der Waals surface area contributed by atoms with Crippen LogP contribution in [0.5, 0.6) is 0 Å². The normalized spacial score (nSPS) is 10.7. The predicted molar refractivity (Wildman–Crippen MR) is 72.7 cm³/mol. The van der Waals surface area contributed by atoms with Crippen molar-refractivity contribution < 1.29 is 4.92 Å². The third-order valence-electron chi connectivity index (χ3n) is 2.55. The molecule has 0 saturated heterocycles. The van der Waals surface area contributed by atoms with Crippen LogP contribution in [0.3, 0.4) is 0 Å². The molecule has 1 heterocycles. The van der Waals surface area contributed by atoms with E-state index in [1.165, 1.54) is 23.9 Å². The Balaban J connectivity index is 2.31. The summed E-state index contributed by atoms with van der Waals surface area (Å²) in [6, 6.07) is 4.38. The molecule has 1 aromatic carbocycles. The predicted octanol–water partition coefficient (Wildman–Crippen LogP) is 3.32. The van der Waals surface area contributed by atoms with Gasteiger partial charge in [-0.15, -0.1) is 10.2 Å². The summed E-state index contributed by atoms with van der Waals surface area (Å²) in [4.78, 5) is 10.9. The summed E-state index contributed by atoms with van der Waals surface area (Å²) in [6.45, 7) is 4.63. The van der Waals surface area contributed by atoms with Crippen LogP contribution in [0.4, 0.5) is 5.69 Å². The van der Waals surface area contributed by atoms with Crippen molar-refractivity contribution in [1.82, 2.24) is 14.8 Å². The molecule has 0 spiro atoms. The van der Waals surface area contributed by atoms with Crippen LogP contribution in [0.2, 0.25) is 5.02 Å². The van der Waals surface area contributed by atoms with Gasteiger partial charge in [-0.2, -0.15) is 0 Å². The first-order chi connectivity index (χ1) is 9.02. The Morgan fingerprint density at radius 3 is 2.79 bits per heavy atom. The number of nitro groups is 1. The Morgan fingerprint density at radius 1 is 1.47 bits per heavy atom. The van der Waals surface area contributed by atoms with E-state index >= 15 is 0 Å². The van der Waals surface area contributed by atoms with Gasteiger partial charge in [-0.05, 0) is 31.7 Å². The lowest BCUT2D eigenvalue weighted by atomic mass is 10.3. The Morgan fingerprint density at radius 2 is 2.21 bits per heavy atom. The van der Waals surface area contributed by atoms with Gasteiger partial charge in [0.1, 0.15) is 5.82 Å². The molecule has 0 atom stereocenters.